The van der Waals surface area contributed by atoms with Crippen molar-refractivity contribution in [3.05, 3.63) is 54.2 Å². The molecule has 3 rings (SSSR count). The Labute approximate surface area is 256 Å². The van der Waals surface area contributed by atoms with Crippen molar-refractivity contribution in [1.82, 2.24) is 20.5 Å². The maximum Gasteiger partial charge on any atom is 0.552 e. The van der Waals surface area contributed by atoms with Gasteiger partial charge in [0.05, 0.1) is 37.7 Å². The second kappa shape index (κ2) is 14.9. The summed E-state index contributed by atoms with van der Waals surface area (Å²) < 4.78 is 16.2. The molecular formula is C30H39BN4O9. The summed E-state index contributed by atoms with van der Waals surface area (Å²) in [6.45, 7) is 5.08. The van der Waals surface area contributed by atoms with Crippen LogP contribution >= 0.6 is 0 Å². The normalized spacial score (nSPS) is 18.2. The fourth-order valence-corrected chi connectivity index (χ4v) is 4.64. The zero-order chi connectivity index (χ0) is 32.6. The molecule has 2 heterocycles. The van der Waals surface area contributed by atoms with Gasteiger partial charge in [0, 0.05) is 19.7 Å². The molecule has 44 heavy (non-hydrogen) atoms. The van der Waals surface area contributed by atoms with Gasteiger partial charge in [0.1, 0.15) is 11.7 Å². The third-order valence-corrected chi connectivity index (χ3v) is 7.01. The highest BCUT2D eigenvalue weighted by molar-refractivity contribution is 6.51. The topological polar surface area (TPSA) is 173 Å². The van der Waals surface area contributed by atoms with E-state index in [1.54, 1.807) is 12.1 Å². The van der Waals surface area contributed by atoms with Gasteiger partial charge in [-0.3, -0.25) is 24.0 Å². The van der Waals surface area contributed by atoms with E-state index >= 15 is 0 Å². The number of benzene rings is 1. The van der Waals surface area contributed by atoms with Crippen molar-refractivity contribution >= 4 is 36.8 Å². The van der Waals surface area contributed by atoms with E-state index in [1.807, 2.05) is 44.2 Å². The lowest BCUT2D eigenvalue weighted by atomic mass is 9.73. The summed E-state index contributed by atoms with van der Waals surface area (Å²) in [7, 11) is 2.75. The molecule has 1 aromatic carbocycles. The SMILES string of the molecule is COC(=O)C[C@]1(CC(=O)N(C)C)OB([C@H](CC(C)C)NC(=O)C(NC(=O)c2cccc(-c3ccccc3)n2)[C@@H](C)O)OC1=O. The summed E-state index contributed by atoms with van der Waals surface area (Å²) in [4.78, 5) is 70.2. The Hall–Kier alpha value is -4.30. The van der Waals surface area contributed by atoms with Gasteiger partial charge in [0.25, 0.3) is 5.91 Å². The summed E-state index contributed by atoms with van der Waals surface area (Å²) in [5.41, 5.74) is -0.580. The van der Waals surface area contributed by atoms with Gasteiger partial charge in [-0.25, -0.2) is 4.98 Å². The smallest absolute Gasteiger partial charge is 0.506 e. The van der Waals surface area contributed by atoms with Crippen LogP contribution < -0.4 is 10.6 Å². The number of rotatable bonds is 13. The molecule has 0 bridgehead atoms. The first kappa shape index (κ1) is 34.2. The van der Waals surface area contributed by atoms with Gasteiger partial charge in [-0.05, 0) is 31.4 Å². The number of aliphatic hydroxyl groups excluding tert-OH is 1. The summed E-state index contributed by atoms with van der Waals surface area (Å²) in [5, 5.41) is 15.7. The summed E-state index contributed by atoms with van der Waals surface area (Å²) >= 11 is 0. The average molecular weight is 610 g/mol. The second-order valence-corrected chi connectivity index (χ2v) is 11.3. The zero-order valence-corrected chi connectivity index (χ0v) is 25.7. The number of nitrogens with one attached hydrogen (secondary N) is 2. The molecule has 0 spiro atoms. The highest BCUT2D eigenvalue weighted by atomic mass is 16.7. The van der Waals surface area contributed by atoms with Crippen LogP contribution in [-0.2, 0) is 33.2 Å². The minimum Gasteiger partial charge on any atom is -0.506 e. The molecule has 3 N–H and O–H groups in total. The Morgan fingerprint density at radius 1 is 1.02 bits per heavy atom. The van der Waals surface area contributed by atoms with Crippen LogP contribution in [0.2, 0.25) is 0 Å². The Morgan fingerprint density at radius 3 is 2.30 bits per heavy atom. The Kier molecular flexibility index (Phi) is 11.6. The van der Waals surface area contributed by atoms with E-state index in [1.165, 1.54) is 32.0 Å². The van der Waals surface area contributed by atoms with Crippen molar-refractivity contribution in [2.45, 2.75) is 63.7 Å². The molecule has 2 aromatic rings. The number of esters is 1. The molecule has 0 aliphatic carbocycles. The van der Waals surface area contributed by atoms with E-state index < -0.39 is 73.3 Å². The maximum atomic E-state index is 13.5. The Balaban J connectivity index is 1.81. The molecule has 3 amide bonds. The van der Waals surface area contributed by atoms with E-state index in [-0.39, 0.29) is 18.0 Å². The number of aromatic nitrogens is 1. The third kappa shape index (κ3) is 8.63. The van der Waals surface area contributed by atoms with Crippen LogP contribution in [0.4, 0.5) is 0 Å². The Morgan fingerprint density at radius 2 is 1.70 bits per heavy atom. The van der Waals surface area contributed by atoms with Gasteiger partial charge in [0.2, 0.25) is 11.8 Å². The molecular weight excluding hydrogens is 571 g/mol. The lowest BCUT2D eigenvalue weighted by Crippen LogP contribution is -2.58. The number of carbonyl (C=O) groups excluding carboxylic acids is 5. The molecule has 14 heteroatoms. The van der Waals surface area contributed by atoms with Crippen molar-refractivity contribution in [3.63, 3.8) is 0 Å². The first-order chi connectivity index (χ1) is 20.8. The van der Waals surface area contributed by atoms with Crippen molar-refractivity contribution in [2.24, 2.45) is 5.92 Å². The molecule has 1 aliphatic heterocycles. The molecule has 1 fully saturated rings. The van der Waals surface area contributed by atoms with Crippen molar-refractivity contribution in [1.29, 1.82) is 0 Å². The minimum atomic E-state index is -1.97. The van der Waals surface area contributed by atoms with Gasteiger partial charge in [-0.15, -0.1) is 0 Å². The van der Waals surface area contributed by atoms with Crippen LogP contribution in [0.5, 0.6) is 0 Å². The molecule has 13 nitrogen and oxygen atoms in total. The van der Waals surface area contributed by atoms with Gasteiger partial charge < -0.3 is 34.7 Å². The Bertz CT molecular complexity index is 1360. The quantitative estimate of drug-likeness (QED) is 0.221. The lowest BCUT2D eigenvalue weighted by Gasteiger charge is -2.28. The fraction of sp³-hybridized carbons (Fsp3) is 0.467. The lowest BCUT2D eigenvalue weighted by molar-refractivity contribution is -0.157. The maximum absolute atomic E-state index is 13.5. The number of aliphatic hydroxyl groups is 1. The van der Waals surface area contributed by atoms with Crippen LogP contribution in [0.25, 0.3) is 11.3 Å². The summed E-state index contributed by atoms with van der Waals surface area (Å²) in [5.74, 6) is -4.68. The van der Waals surface area contributed by atoms with E-state index in [2.05, 4.69) is 15.6 Å². The van der Waals surface area contributed by atoms with Gasteiger partial charge >= 0.3 is 19.1 Å². The van der Waals surface area contributed by atoms with Crippen LogP contribution in [0.1, 0.15) is 50.5 Å². The first-order valence-corrected chi connectivity index (χ1v) is 14.2. The van der Waals surface area contributed by atoms with Crippen molar-refractivity contribution in [3.8, 4) is 11.3 Å². The molecule has 4 atom stereocenters. The molecule has 1 unspecified atom stereocenters. The van der Waals surface area contributed by atoms with Gasteiger partial charge in [-0.1, -0.05) is 50.2 Å². The summed E-state index contributed by atoms with van der Waals surface area (Å²) in [6, 6.07) is 12.7. The largest absolute Gasteiger partial charge is 0.552 e. The average Bonchev–Trinajstić information content (AvgIpc) is 3.30. The van der Waals surface area contributed by atoms with Crippen LogP contribution in [0, 0.1) is 5.92 Å². The molecule has 1 aliphatic rings. The van der Waals surface area contributed by atoms with Gasteiger partial charge in [-0.2, -0.15) is 0 Å². The third-order valence-electron chi connectivity index (χ3n) is 7.01. The number of nitrogens with zero attached hydrogens (tertiary/aromatic N) is 2. The minimum absolute atomic E-state index is 0.0360. The van der Waals surface area contributed by atoms with Crippen LogP contribution in [0.3, 0.4) is 0 Å². The van der Waals surface area contributed by atoms with E-state index in [4.69, 9.17) is 14.0 Å². The highest BCUT2D eigenvalue weighted by Crippen LogP contribution is 2.33. The number of methoxy groups -OCH3 is 1. The molecule has 1 aromatic heterocycles. The van der Waals surface area contributed by atoms with Crippen molar-refractivity contribution < 1.29 is 43.1 Å². The standard InChI is InChI=1S/C30H39BN4O9/c1-18(2)15-23(31-43-29(41)30(44-31,17-25(38)42-6)16-24(37)35(4)5)33-28(40)26(19(3)36)34-27(39)22-14-10-13-21(32-22)20-11-8-7-9-12-20/h7-14,18-19,23,26,36H,15-17H2,1-6H3,(H,33,40)(H,34,39)/t19-,23+,26?,30+/m1/s1. The molecule has 0 saturated carbocycles. The fourth-order valence-electron chi connectivity index (χ4n) is 4.64. The molecule has 0 radical (unpaired) electrons. The number of hydrogen-bond donors (Lipinski definition) is 3. The number of amides is 3. The molecule has 1 saturated heterocycles. The van der Waals surface area contributed by atoms with Gasteiger partial charge in [0.15, 0.2) is 5.60 Å². The first-order valence-electron chi connectivity index (χ1n) is 14.2. The van der Waals surface area contributed by atoms with E-state index in [9.17, 15) is 29.1 Å². The van der Waals surface area contributed by atoms with E-state index in [0.717, 1.165) is 12.7 Å². The summed E-state index contributed by atoms with van der Waals surface area (Å²) in [6.07, 6.45) is -2.14. The van der Waals surface area contributed by atoms with Crippen LogP contribution in [-0.4, -0.2) is 96.7 Å². The van der Waals surface area contributed by atoms with Crippen LogP contribution in [0.15, 0.2) is 48.5 Å². The monoisotopic (exact) mass is 610 g/mol. The number of ether oxygens (including phenoxy) is 1. The zero-order valence-electron chi connectivity index (χ0n) is 25.7. The van der Waals surface area contributed by atoms with Crippen molar-refractivity contribution in [2.75, 3.05) is 21.2 Å². The predicted molar refractivity (Wildman–Crippen MR) is 160 cm³/mol. The van der Waals surface area contributed by atoms with E-state index in [0.29, 0.717) is 5.69 Å². The predicted octanol–water partition coefficient (Wildman–Crippen LogP) is 1.14. The number of hydrogen-bond acceptors (Lipinski definition) is 10. The highest BCUT2D eigenvalue weighted by Gasteiger charge is 2.58. The number of pyridine rings is 1. The molecule has 236 valence electrons. The second-order valence-electron chi connectivity index (χ2n) is 11.3. The number of carbonyl (C=O) groups is 5.